The Morgan fingerprint density at radius 2 is 2.30 bits per heavy atom. The molecule has 1 aliphatic heterocycles. The molecule has 6 nitrogen and oxygen atoms in total. The van der Waals surface area contributed by atoms with Crippen LogP contribution in [0.2, 0.25) is 0 Å². The van der Waals surface area contributed by atoms with Crippen LogP contribution in [-0.4, -0.2) is 53.7 Å². The monoisotopic (exact) mass is 278 g/mol. The lowest BCUT2D eigenvalue weighted by Crippen LogP contribution is -2.41. The molecular weight excluding hydrogens is 260 g/mol. The fourth-order valence-electron chi connectivity index (χ4n) is 2.45. The van der Waals surface area contributed by atoms with Crippen molar-refractivity contribution in [1.29, 1.82) is 0 Å². The standard InChI is InChI=1S/C14H18N2O4/c1-20-9-10-3-2-6-16(8-10)13(17)11-4-5-12(14(18)19)15-7-11/h4-5,7,10H,2-3,6,8-9H2,1H3,(H,18,19). The first-order valence-corrected chi connectivity index (χ1v) is 6.59. The van der Waals surface area contributed by atoms with Gasteiger partial charge in [0.25, 0.3) is 5.91 Å². The summed E-state index contributed by atoms with van der Waals surface area (Å²) in [5.41, 5.74) is 0.366. The van der Waals surface area contributed by atoms with Crippen LogP contribution >= 0.6 is 0 Å². The van der Waals surface area contributed by atoms with Gasteiger partial charge in [-0.1, -0.05) is 0 Å². The van der Waals surface area contributed by atoms with E-state index in [1.54, 1.807) is 12.0 Å². The zero-order valence-electron chi connectivity index (χ0n) is 11.4. The van der Waals surface area contributed by atoms with E-state index < -0.39 is 5.97 Å². The normalized spacial score (nSPS) is 18.9. The van der Waals surface area contributed by atoms with Gasteiger partial charge in [-0.2, -0.15) is 0 Å². The van der Waals surface area contributed by atoms with Crippen molar-refractivity contribution in [1.82, 2.24) is 9.88 Å². The summed E-state index contributed by atoms with van der Waals surface area (Å²) in [6.07, 6.45) is 3.35. The van der Waals surface area contributed by atoms with E-state index in [9.17, 15) is 9.59 Å². The molecule has 0 spiro atoms. The molecule has 1 N–H and O–H groups in total. The van der Waals surface area contributed by atoms with Gasteiger partial charge in [0, 0.05) is 26.4 Å². The number of methoxy groups -OCH3 is 1. The third kappa shape index (κ3) is 3.33. The highest BCUT2D eigenvalue weighted by molar-refractivity contribution is 5.95. The summed E-state index contributed by atoms with van der Waals surface area (Å²) in [6, 6.07) is 2.87. The highest BCUT2D eigenvalue weighted by atomic mass is 16.5. The van der Waals surface area contributed by atoms with Crippen molar-refractivity contribution in [3.8, 4) is 0 Å². The second kappa shape index (κ2) is 6.47. The van der Waals surface area contributed by atoms with Crippen molar-refractivity contribution in [2.75, 3.05) is 26.8 Å². The molecule has 2 rings (SSSR count). The van der Waals surface area contributed by atoms with Gasteiger partial charge in [-0.15, -0.1) is 0 Å². The lowest BCUT2D eigenvalue weighted by atomic mass is 9.98. The maximum absolute atomic E-state index is 12.3. The Morgan fingerprint density at radius 3 is 2.90 bits per heavy atom. The van der Waals surface area contributed by atoms with E-state index in [-0.39, 0.29) is 11.6 Å². The lowest BCUT2D eigenvalue weighted by molar-refractivity contribution is 0.0569. The van der Waals surface area contributed by atoms with Crippen LogP contribution in [-0.2, 0) is 4.74 Å². The second-order valence-corrected chi connectivity index (χ2v) is 4.95. The molecule has 1 atom stereocenters. The Kier molecular flexibility index (Phi) is 4.68. The molecule has 1 fully saturated rings. The largest absolute Gasteiger partial charge is 0.477 e. The molecule has 0 aliphatic carbocycles. The van der Waals surface area contributed by atoms with Gasteiger partial charge in [-0.25, -0.2) is 9.78 Å². The Labute approximate surface area is 117 Å². The molecule has 1 aromatic rings. The average molecular weight is 278 g/mol. The maximum atomic E-state index is 12.3. The number of nitrogens with zero attached hydrogens (tertiary/aromatic N) is 2. The average Bonchev–Trinajstić information content (AvgIpc) is 2.47. The highest BCUT2D eigenvalue weighted by Crippen LogP contribution is 2.18. The summed E-state index contributed by atoms with van der Waals surface area (Å²) < 4.78 is 5.14. The smallest absolute Gasteiger partial charge is 0.354 e. The molecule has 20 heavy (non-hydrogen) atoms. The number of aromatic carboxylic acids is 1. The SMILES string of the molecule is COCC1CCCN(C(=O)c2ccc(C(=O)O)nc2)C1. The van der Waals surface area contributed by atoms with E-state index in [2.05, 4.69) is 4.98 Å². The molecule has 108 valence electrons. The molecule has 1 saturated heterocycles. The number of piperidine rings is 1. The molecule has 0 bridgehead atoms. The lowest BCUT2D eigenvalue weighted by Gasteiger charge is -2.32. The van der Waals surface area contributed by atoms with Crippen LogP contribution < -0.4 is 0 Å². The second-order valence-electron chi connectivity index (χ2n) is 4.95. The third-order valence-electron chi connectivity index (χ3n) is 3.44. The molecule has 1 unspecified atom stereocenters. The summed E-state index contributed by atoms with van der Waals surface area (Å²) in [5, 5.41) is 8.79. The number of hydrogen-bond acceptors (Lipinski definition) is 4. The molecule has 1 amide bonds. The molecule has 0 saturated carbocycles. The number of hydrogen-bond donors (Lipinski definition) is 1. The zero-order chi connectivity index (χ0) is 14.5. The molecule has 1 aliphatic rings. The van der Waals surface area contributed by atoms with Crippen LogP contribution in [0.15, 0.2) is 18.3 Å². The Balaban J connectivity index is 2.04. The summed E-state index contributed by atoms with van der Waals surface area (Å²) in [6.45, 7) is 2.05. The van der Waals surface area contributed by atoms with Crippen molar-refractivity contribution in [2.45, 2.75) is 12.8 Å². The predicted molar refractivity (Wildman–Crippen MR) is 71.7 cm³/mol. The van der Waals surface area contributed by atoms with Gasteiger partial charge in [0.1, 0.15) is 5.69 Å². The van der Waals surface area contributed by atoms with Gasteiger partial charge in [-0.3, -0.25) is 4.79 Å². The van der Waals surface area contributed by atoms with Gasteiger partial charge in [0.05, 0.1) is 12.2 Å². The van der Waals surface area contributed by atoms with E-state index in [1.165, 1.54) is 18.3 Å². The summed E-state index contributed by atoms with van der Waals surface area (Å²) >= 11 is 0. The van der Waals surface area contributed by atoms with Crippen molar-refractivity contribution < 1.29 is 19.4 Å². The van der Waals surface area contributed by atoms with Crippen molar-refractivity contribution in [3.05, 3.63) is 29.6 Å². The van der Waals surface area contributed by atoms with Gasteiger partial charge in [-0.05, 0) is 30.9 Å². The highest BCUT2D eigenvalue weighted by Gasteiger charge is 2.24. The minimum Gasteiger partial charge on any atom is -0.477 e. The number of carbonyl (C=O) groups excluding carboxylic acids is 1. The van der Waals surface area contributed by atoms with E-state index in [0.717, 1.165) is 19.4 Å². The number of amides is 1. The van der Waals surface area contributed by atoms with Crippen LogP contribution in [0.5, 0.6) is 0 Å². The van der Waals surface area contributed by atoms with E-state index >= 15 is 0 Å². The Hall–Kier alpha value is -1.95. The number of pyridine rings is 1. The molecule has 0 radical (unpaired) electrons. The number of ether oxygens (including phenoxy) is 1. The molecule has 0 aromatic carbocycles. The van der Waals surface area contributed by atoms with Crippen LogP contribution in [0.25, 0.3) is 0 Å². The number of carbonyl (C=O) groups is 2. The topological polar surface area (TPSA) is 79.7 Å². The first kappa shape index (κ1) is 14.5. The summed E-state index contributed by atoms with van der Waals surface area (Å²) in [4.78, 5) is 28.6. The first-order chi connectivity index (χ1) is 9.61. The number of carboxylic acid groups (broad SMARTS) is 1. The minimum absolute atomic E-state index is 0.0579. The maximum Gasteiger partial charge on any atom is 0.354 e. The van der Waals surface area contributed by atoms with Crippen molar-refractivity contribution in [3.63, 3.8) is 0 Å². The number of aromatic nitrogens is 1. The molecular formula is C14H18N2O4. The fraction of sp³-hybridized carbons (Fsp3) is 0.500. The van der Waals surface area contributed by atoms with Crippen LogP contribution in [0.4, 0.5) is 0 Å². The number of rotatable bonds is 4. The summed E-state index contributed by atoms with van der Waals surface area (Å²) in [7, 11) is 1.66. The van der Waals surface area contributed by atoms with Crippen LogP contribution in [0, 0.1) is 5.92 Å². The van der Waals surface area contributed by atoms with E-state index in [0.29, 0.717) is 24.6 Å². The number of likely N-dealkylation sites (tertiary alicyclic amines) is 1. The molecule has 2 heterocycles. The number of carboxylic acids is 1. The molecule has 6 heteroatoms. The molecule has 1 aromatic heterocycles. The van der Waals surface area contributed by atoms with Gasteiger partial charge < -0.3 is 14.7 Å². The van der Waals surface area contributed by atoms with Crippen LogP contribution in [0.3, 0.4) is 0 Å². The van der Waals surface area contributed by atoms with Crippen molar-refractivity contribution >= 4 is 11.9 Å². The zero-order valence-corrected chi connectivity index (χ0v) is 11.4. The van der Waals surface area contributed by atoms with Crippen molar-refractivity contribution in [2.24, 2.45) is 5.92 Å². The predicted octanol–water partition coefficient (Wildman–Crippen LogP) is 1.28. The van der Waals surface area contributed by atoms with Gasteiger partial charge in [0.2, 0.25) is 0 Å². The third-order valence-corrected chi connectivity index (χ3v) is 3.44. The first-order valence-electron chi connectivity index (χ1n) is 6.59. The van der Waals surface area contributed by atoms with E-state index in [4.69, 9.17) is 9.84 Å². The Bertz CT molecular complexity index is 484. The summed E-state index contributed by atoms with van der Waals surface area (Å²) in [5.74, 6) is -0.832. The Morgan fingerprint density at radius 1 is 1.50 bits per heavy atom. The fourth-order valence-corrected chi connectivity index (χ4v) is 2.45. The minimum atomic E-state index is -1.10. The van der Waals surface area contributed by atoms with Gasteiger partial charge in [0.15, 0.2) is 0 Å². The van der Waals surface area contributed by atoms with E-state index in [1.807, 2.05) is 0 Å². The van der Waals surface area contributed by atoms with Gasteiger partial charge >= 0.3 is 5.97 Å². The van der Waals surface area contributed by atoms with Crippen LogP contribution in [0.1, 0.15) is 33.7 Å². The quantitative estimate of drug-likeness (QED) is 0.897.